The minimum Gasteiger partial charge on any atom is -0.480 e. The second kappa shape index (κ2) is 5.06. The molecule has 0 aromatic heterocycles. The number of carboxylic acid groups (broad SMARTS) is 1. The van der Waals surface area contributed by atoms with Crippen LogP contribution in [0.2, 0.25) is 0 Å². The Morgan fingerprint density at radius 2 is 2.12 bits per heavy atom. The van der Waals surface area contributed by atoms with Crippen molar-refractivity contribution in [2.45, 2.75) is 6.92 Å². The van der Waals surface area contributed by atoms with Gasteiger partial charge in [0, 0.05) is 17.2 Å². The highest BCUT2D eigenvalue weighted by atomic mass is 16.6. The first-order valence-corrected chi connectivity index (χ1v) is 4.67. The van der Waals surface area contributed by atoms with Crippen molar-refractivity contribution in [1.82, 2.24) is 5.32 Å². The van der Waals surface area contributed by atoms with E-state index >= 15 is 0 Å². The highest BCUT2D eigenvalue weighted by molar-refractivity contribution is 5.97. The summed E-state index contributed by atoms with van der Waals surface area (Å²) in [6.45, 7) is 0.911. The van der Waals surface area contributed by atoms with Crippen LogP contribution >= 0.6 is 0 Å². The molecule has 7 nitrogen and oxygen atoms in total. The highest BCUT2D eigenvalue weighted by Gasteiger charge is 2.17. The fraction of sp³-hybridized carbons (Fsp3) is 0.200. The molecule has 17 heavy (non-hydrogen) atoms. The third-order valence-electron chi connectivity index (χ3n) is 2.15. The van der Waals surface area contributed by atoms with Gasteiger partial charge in [0.05, 0.1) is 4.92 Å². The minimum atomic E-state index is -1.18. The molecule has 90 valence electrons. The molecule has 0 unspecified atom stereocenters. The lowest BCUT2D eigenvalue weighted by Gasteiger charge is -2.05. The monoisotopic (exact) mass is 238 g/mol. The van der Waals surface area contributed by atoms with Crippen LogP contribution in [-0.4, -0.2) is 28.5 Å². The van der Waals surface area contributed by atoms with Gasteiger partial charge in [-0.15, -0.1) is 0 Å². The van der Waals surface area contributed by atoms with Crippen LogP contribution in [0.15, 0.2) is 18.2 Å². The number of carbonyl (C=O) groups excluding carboxylic acids is 1. The molecule has 1 amide bonds. The Morgan fingerprint density at radius 3 is 2.65 bits per heavy atom. The summed E-state index contributed by atoms with van der Waals surface area (Å²) < 4.78 is 0. The molecule has 0 aliphatic carbocycles. The van der Waals surface area contributed by atoms with Crippen molar-refractivity contribution < 1.29 is 19.6 Å². The number of nitro benzene ring substituents is 1. The Balaban J connectivity index is 2.98. The van der Waals surface area contributed by atoms with Gasteiger partial charge in [0.15, 0.2) is 0 Å². The van der Waals surface area contributed by atoms with Gasteiger partial charge in [-0.3, -0.25) is 19.7 Å². The zero-order valence-corrected chi connectivity index (χ0v) is 8.97. The summed E-state index contributed by atoms with van der Waals surface area (Å²) in [5.41, 5.74) is 0.133. The van der Waals surface area contributed by atoms with Gasteiger partial charge in [-0.05, 0) is 13.0 Å². The third kappa shape index (κ3) is 3.00. The fourth-order valence-electron chi connectivity index (χ4n) is 1.32. The summed E-state index contributed by atoms with van der Waals surface area (Å²) >= 11 is 0. The van der Waals surface area contributed by atoms with Crippen molar-refractivity contribution >= 4 is 17.6 Å². The summed E-state index contributed by atoms with van der Waals surface area (Å²) in [5.74, 6) is -1.82. The number of nitro groups is 1. The Kier molecular flexibility index (Phi) is 3.76. The van der Waals surface area contributed by atoms with Crippen LogP contribution in [0, 0.1) is 17.0 Å². The predicted octanol–water partition coefficient (Wildman–Crippen LogP) is 0.718. The van der Waals surface area contributed by atoms with Gasteiger partial charge in [0.2, 0.25) is 0 Å². The SMILES string of the molecule is Cc1c(C(=O)NCC(=O)O)cccc1[N+](=O)[O-]. The maximum Gasteiger partial charge on any atom is 0.322 e. The van der Waals surface area contributed by atoms with Crippen LogP contribution in [0.5, 0.6) is 0 Å². The molecule has 0 aliphatic rings. The van der Waals surface area contributed by atoms with E-state index in [-0.39, 0.29) is 16.8 Å². The Bertz CT molecular complexity index is 484. The third-order valence-corrected chi connectivity index (χ3v) is 2.15. The molecule has 0 aliphatic heterocycles. The average molecular weight is 238 g/mol. The average Bonchev–Trinajstić information content (AvgIpc) is 2.25. The molecule has 0 bridgehead atoms. The molecule has 1 aromatic rings. The largest absolute Gasteiger partial charge is 0.480 e. The number of hydrogen-bond donors (Lipinski definition) is 2. The van der Waals surface area contributed by atoms with Gasteiger partial charge in [-0.2, -0.15) is 0 Å². The minimum absolute atomic E-state index is 0.0976. The second-order valence-corrected chi connectivity index (χ2v) is 3.28. The van der Waals surface area contributed by atoms with E-state index in [1.165, 1.54) is 25.1 Å². The molecule has 0 saturated heterocycles. The van der Waals surface area contributed by atoms with Crippen molar-refractivity contribution in [1.29, 1.82) is 0 Å². The van der Waals surface area contributed by atoms with Crippen molar-refractivity contribution in [3.05, 3.63) is 39.4 Å². The predicted molar refractivity (Wildman–Crippen MR) is 57.8 cm³/mol. The molecular formula is C10H10N2O5. The van der Waals surface area contributed by atoms with E-state index in [2.05, 4.69) is 5.32 Å². The van der Waals surface area contributed by atoms with Gasteiger partial charge in [0.1, 0.15) is 6.54 Å². The number of carbonyl (C=O) groups is 2. The van der Waals surface area contributed by atoms with Gasteiger partial charge < -0.3 is 10.4 Å². The summed E-state index contributed by atoms with van der Waals surface area (Å²) in [7, 11) is 0. The van der Waals surface area contributed by atoms with Crippen LogP contribution in [0.1, 0.15) is 15.9 Å². The first-order valence-electron chi connectivity index (χ1n) is 4.67. The molecule has 7 heteroatoms. The zero-order valence-electron chi connectivity index (χ0n) is 8.97. The maximum atomic E-state index is 11.5. The van der Waals surface area contributed by atoms with Gasteiger partial charge in [-0.1, -0.05) is 6.07 Å². The number of aliphatic carboxylic acids is 1. The molecule has 0 radical (unpaired) electrons. The van der Waals surface area contributed by atoms with Gasteiger partial charge >= 0.3 is 5.97 Å². The molecule has 1 rings (SSSR count). The number of rotatable bonds is 4. The topological polar surface area (TPSA) is 110 Å². The molecule has 0 spiro atoms. The van der Waals surface area contributed by atoms with Crippen molar-refractivity contribution in [3.63, 3.8) is 0 Å². The molecule has 0 heterocycles. The van der Waals surface area contributed by atoms with Crippen molar-refractivity contribution in [2.75, 3.05) is 6.54 Å². The van der Waals surface area contributed by atoms with E-state index in [9.17, 15) is 19.7 Å². The van der Waals surface area contributed by atoms with Crippen LogP contribution in [-0.2, 0) is 4.79 Å². The highest BCUT2D eigenvalue weighted by Crippen LogP contribution is 2.20. The van der Waals surface area contributed by atoms with Gasteiger partial charge in [-0.25, -0.2) is 0 Å². The van der Waals surface area contributed by atoms with Gasteiger partial charge in [0.25, 0.3) is 11.6 Å². The van der Waals surface area contributed by atoms with Crippen LogP contribution in [0.4, 0.5) is 5.69 Å². The van der Waals surface area contributed by atoms with Crippen LogP contribution < -0.4 is 5.32 Å². The Labute approximate surface area is 96.2 Å². The smallest absolute Gasteiger partial charge is 0.322 e. The summed E-state index contributed by atoms with van der Waals surface area (Å²) in [5, 5.41) is 21.2. The maximum absolute atomic E-state index is 11.5. The molecule has 0 saturated carbocycles. The molecule has 1 aromatic carbocycles. The lowest BCUT2D eigenvalue weighted by atomic mass is 10.1. The van der Waals surface area contributed by atoms with Crippen LogP contribution in [0.3, 0.4) is 0 Å². The summed E-state index contributed by atoms with van der Waals surface area (Å²) in [6.07, 6.45) is 0. The van der Waals surface area contributed by atoms with Crippen molar-refractivity contribution in [2.24, 2.45) is 0 Å². The van der Waals surface area contributed by atoms with E-state index in [1.807, 2.05) is 0 Å². The number of carboxylic acids is 1. The van der Waals surface area contributed by atoms with E-state index in [1.54, 1.807) is 0 Å². The van der Waals surface area contributed by atoms with E-state index in [0.29, 0.717) is 0 Å². The van der Waals surface area contributed by atoms with E-state index in [4.69, 9.17) is 5.11 Å². The summed E-state index contributed by atoms with van der Waals surface area (Å²) in [6, 6.07) is 4.06. The standard InChI is InChI=1S/C10H10N2O5/c1-6-7(10(15)11-5-9(13)14)3-2-4-8(6)12(16)17/h2-4H,5H2,1H3,(H,11,15)(H,13,14). The second-order valence-electron chi connectivity index (χ2n) is 3.28. The number of benzene rings is 1. The molecule has 0 fully saturated rings. The zero-order chi connectivity index (χ0) is 13.0. The van der Waals surface area contributed by atoms with E-state index < -0.39 is 23.3 Å². The Morgan fingerprint density at radius 1 is 1.47 bits per heavy atom. The first kappa shape index (κ1) is 12.6. The van der Waals surface area contributed by atoms with Crippen molar-refractivity contribution in [3.8, 4) is 0 Å². The number of hydrogen-bond acceptors (Lipinski definition) is 4. The molecule has 2 N–H and O–H groups in total. The van der Waals surface area contributed by atoms with Crippen LogP contribution in [0.25, 0.3) is 0 Å². The fourth-order valence-corrected chi connectivity index (χ4v) is 1.32. The van der Waals surface area contributed by atoms with E-state index in [0.717, 1.165) is 0 Å². The normalized spacial score (nSPS) is 9.71. The number of nitrogens with zero attached hydrogens (tertiary/aromatic N) is 1. The number of amides is 1. The molecular weight excluding hydrogens is 228 g/mol. The molecule has 0 atom stereocenters. The lowest BCUT2D eigenvalue weighted by molar-refractivity contribution is -0.385. The lowest BCUT2D eigenvalue weighted by Crippen LogP contribution is -2.29. The first-order chi connectivity index (χ1) is 7.93. The quantitative estimate of drug-likeness (QED) is 0.593. The number of nitrogens with one attached hydrogen (secondary N) is 1. The summed E-state index contributed by atoms with van der Waals surface area (Å²) in [4.78, 5) is 31.9. The Hall–Kier alpha value is -2.44.